The van der Waals surface area contributed by atoms with Crippen LogP contribution >= 0.6 is 0 Å². The molecule has 0 unspecified atom stereocenters. The van der Waals surface area contributed by atoms with E-state index in [1.54, 1.807) is 29.2 Å². The zero-order valence-corrected chi connectivity index (χ0v) is 16.6. The van der Waals surface area contributed by atoms with Gasteiger partial charge in [-0.15, -0.1) is 0 Å². The minimum absolute atomic E-state index is 0.0410. The summed E-state index contributed by atoms with van der Waals surface area (Å²) in [6, 6.07) is 9.09. The lowest BCUT2D eigenvalue weighted by Crippen LogP contribution is -2.39. The molecule has 0 radical (unpaired) electrons. The molecule has 0 atom stereocenters. The van der Waals surface area contributed by atoms with Crippen molar-refractivity contribution in [1.29, 1.82) is 0 Å². The zero-order chi connectivity index (χ0) is 20.5. The van der Waals surface area contributed by atoms with E-state index >= 15 is 0 Å². The number of nitrogens with zero attached hydrogens (tertiary/aromatic N) is 4. The number of H-pyrrole nitrogens is 1. The van der Waals surface area contributed by atoms with Crippen LogP contribution in [0.15, 0.2) is 47.5 Å². The normalized spacial score (nSPS) is 21.3. The Bertz CT molecular complexity index is 1090. The number of hydrogen-bond donors (Lipinski definition) is 2. The summed E-state index contributed by atoms with van der Waals surface area (Å²) in [5, 5.41) is 14.8. The lowest BCUT2D eigenvalue weighted by atomic mass is 9.91. The first-order valence-corrected chi connectivity index (χ1v) is 10.5. The molecule has 0 aromatic carbocycles. The number of rotatable bonds is 5. The molecule has 3 heterocycles. The van der Waals surface area contributed by atoms with Gasteiger partial charge in [0.05, 0.1) is 11.7 Å². The van der Waals surface area contributed by atoms with E-state index in [1.807, 2.05) is 18.2 Å². The summed E-state index contributed by atoms with van der Waals surface area (Å²) in [7, 11) is 0. The molecule has 2 saturated carbocycles. The maximum atomic E-state index is 12.5. The van der Waals surface area contributed by atoms with Gasteiger partial charge < -0.3 is 5.32 Å². The second-order valence-corrected chi connectivity index (χ2v) is 8.20. The predicted molar refractivity (Wildman–Crippen MR) is 111 cm³/mol. The van der Waals surface area contributed by atoms with E-state index in [0.717, 1.165) is 42.6 Å². The van der Waals surface area contributed by atoms with Gasteiger partial charge in [-0.25, -0.2) is 4.68 Å². The minimum Gasteiger partial charge on any atom is -0.348 e. The van der Waals surface area contributed by atoms with Gasteiger partial charge in [0.1, 0.15) is 5.69 Å². The van der Waals surface area contributed by atoms with Crippen LogP contribution in [0.25, 0.3) is 11.3 Å². The third-order valence-corrected chi connectivity index (χ3v) is 6.03. The first-order valence-electron chi connectivity index (χ1n) is 10.5. The van der Waals surface area contributed by atoms with Crippen molar-refractivity contribution in [2.75, 3.05) is 0 Å². The molecular weight excluding hydrogens is 380 g/mol. The molecular formula is C22H24N6O2. The van der Waals surface area contributed by atoms with E-state index in [1.165, 1.54) is 12.8 Å². The molecule has 2 N–H and O–H groups in total. The van der Waals surface area contributed by atoms with Gasteiger partial charge in [-0.3, -0.25) is 19.7 Å². The second-order valence-electron chi connectivity index (χ2n) is 8.20. The lowest BCUT2D eigenvalue weighted by Gasteiger charge is -2.29. The average molecular weight is 404 g/mol. The first-order chi connectivity index (χ1) is 14.7. The van der Waals surface area contributed by atoms with Crippen LogP contribution in [0.1, 0.15) is 66.7 Å². The van der Waals surface area contributed by atoms with E-state index in [4.69, 9.17) is 0 Å². The molecule has 8 heteroatoms. The van der Waals surface area contributed by atoms with Crippen molar-refractivity contribution in [1.82, 2.24) is 30.3 Å². The molecule has 1 amide bonds. The fourth-order valence-corrected chi connectivity index (χ4v) is 4.14. The van der Waals surface area contributed by atoms with Crippen molar-refractivity contribution in [3.05, 3.63) is 64.5 Å². The summed E-state index contributed by atoms with van der Waals surface area (Å²) in [6.07, 6.45) is 8.98. The largest absolute Gasteiger partial charge is 0.348 e. The number of nitrogens with one attached hydrogen (secondary N) is 2. The minimum atomic E-state index is -0.128. The third-order valence-electron chi connectivity index (χ3n) is 6.03. The van der Waals surface area contributed by atoms with E-state index in [0.29, 0.717) is 11.6 Å². The van der Waals surface area contributed by atoms with Crippen LogP contribution < -0.4 is 10.9 Å². The maximum Gasteiger partial charge on any atom is 0.271 e. The van der Waals surface area contributed by atoms with Crippen molar-refractivity contribution >= 4 is 5.91 Å². The summed E-state index contributed by atoms with van der Waals surface area (Å²) >= 11 is 0. The SMILES string of the molecule is O=C(NC1CCC(n2nc(-c3ccncc3)ccc2=O)CC1)c1cc(C2CC2)[nH]n1. The highest BCUT2D eigenvalue weighted by Crippen LogP contribution is 2.39. The summed E-state index contributed by atoms with van der Waals surface area (Å²) in [4.78, 5) is 29.0. The second kappa shape index (κ2) is 7.85. The van der Waals surface area contributed by atoms with Crippen LogP contribution in [0.2, 0.25) is 0 Å². The number of hydrogen-bond acceptors (Lipinski definition) is 5. The highest BCUT2D eigenvalue weighted by Gasteiger charge is 2.28. The quantitative estimate of drug-likeness (QED) is 0.680. The summed E-state index contributed by atoms with van der Waals surface area (Å²) < 4.78 is 1.60. The Morgan fingerprint density at radius 1 is 1.03 bits per heavy atom. The monoisotopic (exact) mass is 404 g/mol. The van der Waals surface area contributed by atoms with Crippen LogP contribution in [0.4, 0.5) is 0 Å². The highest BCUT2D eigenvalue weighted by molar-refractivity contribution is 5.92. The van der Waals surface area contributed by atoms with Crippen LogP contribution in [0.5, 0.6) is 0 Å². The molecule has 2 aliphatic rings. The van der Waals surface area contributed by atoms with Crippen LogP contribution in [-0.4, -0.2) is 36.9 Å². The summed E-state index contributed by atoms with van der Waals surface area (Å²) in [6.45, 7) is 0. The molecule has 0 spiro atoms. The van der Waals surface area contributed by atoms with Gasteiger partial charge in [-0.1, -0.05) is 0 Å². The van der Waals surface area contributed by atoms with Gasteiger partial charge in [0, 0.05) is 41.7 Å². The Labute approximate surface area is 173 Å². The van der Waals surface area contributed by atoms with Crippen molar-refractivity contribution < 1.29 is 4.79 Å². The average Bonchev–Trinajstić information content (AvgIpc) is 3.51. The predicted octanol–water partition coefficient (Wildman–Crippen LogP) is 2.82. The van der Waals surface area contributed by atoms with Gasteiger partial charge in [-0.2, -0.15) is 10.2 Å². The number of pyridine rings is 1. The van der Waals surface area contributed by atoms with E-state index < -0.39 is 0 Å². The van der Waals surface area contributed by atoms with E-state index in [9.17, 15) is 9.59 Å². The van der Waals surface area contributed by atoms with Crippen LogP contribution in [-0.2, 0) is 0 Å². The summed E-state index contributed by atoms with van der Waals surface area (Å²) in [5.41, 5.74) is 3.12. The Kier molecular flexibility index (Phi) is 4.90. The Hall–Kier alpha value is -3.29. The molecule has 154 valence electrons. The number of amides is 1. The van der Waals surface area contributed by atoms with Gasteiger partial charge in [-0.05, 0) is 62.8 Å². The van der Waals surface area contributed by atoms with E-state index in [2.05, 4.69) is 25.6 Å². The van der Waals surface area contributed by atoms with Gasteiger partial charge in [0.15, 0.2) is 0 Å². The van der Waals surface area contributed by atoms with Crippen LogP contribution in [0, 0.1) is 0 Å². The van der Waals surface area contributed by atoms with Gasteiger partial charge >= 0.3 is 0 Å². The molecule has 3 aromatic rings. The number of carbonyl (C=O) groups is 1. The standard InChI is InChI=1S/C22H24N6O2/c29-21-8-7-18(15-9-11-23-12-10-15)27-28(21)17-5-3-16(4-6-17)24-22(30)20-13-19(25-26-20)14-1-2-14/h7-14,16-17H,1-6H2,(H,24,30)(H,25,26). The molecule has 8 nitrogen and oxygen atoms in total. The molecule has 0 aliphatic heterocycles. The molecule has 2 fully saturated rings. The van der Waals surface area contributed by atoms with E-state index in [-0.39, 0.29) is 23.6 Å². The molecule has 30 heavy (non-hydrogen) atoms. The van der Waals surface area contributed by atoms with Gasteiger partial charge in [0.25, 0.3) is 11.5 Å². The van der Waals surface area contributed by atoms with Crippen LogP contribution in [0.3, 0.4) is 0 Å². The van der Waals surface area contributed by atoms with Crippen molar-refractivity contribution in [2.24, 2.45) is 0 Å². The highest BCUT2D eigenvalue weighted by atomic mass is 16.2. The smallest absolute Gasteiger partial charge is 0.271 e. The van der Waals surface area contributed by atoms with Crippen molar-refractivity contribution in [2.45, 2.75) is 56.5 Å². The Morgan fingerprint density at radius 3 is 2.53 bits per heavy atom. The maximum absolute atomic E-state index is 12.5. The fourth-order valence-electron chi connectivity index (χ4n) is 4.14. The van der Waals surface area contributed by atoms with Gasteiger partial charge in [0.2, 0.25) is 0 Å². The zero-order valence-electron chi connectivity index (χ0n) is 16.6. The first kappa shape index (κ1) is 18.7. The Balaban J connectivity index is 1.22. The number of carbonyl (C=O) groups excluding carboxylic acids is 1. The number of aromatic nitrogens is 5. The third kappa shape index (κ3) is 3.90. The molecule has 0 bridgehead atoms. The van der Waals surface area contributed by atoms with Crippen molar-refractivity contribution in [3.63, 3.8) is 0 Å². The molecule has 3 aromatic heterocycles. The molecule has 2 aliphatic carbocycles. The topological polar surface area (TPSA) is 106 Å². The summed E-state index contributed by atoms with van der Waals surface area (Å²) in [5.74, 6) is 0.416. The Morgan fingerprint density at radius 2 is 1.80 bits per heavy atom. The molecule has 5 rings (SSSR count). The van der Waals surface area contributed by atoms with Crippen molar-refractivity contribution in [3.8, 4) is 11.3 Å². The molecule has 0 saturated heterocycles. The lowest BCUT2D eigenvalue weighted by molar-refractivity contribution is 0.0916. The fraction of sp³-hybridized carbons (Fsp3) is 0.409. The number of aromatic amines is 1.